The molecule has 1 spiro atoms. The molecule has 3 nitrogen and oxygen atoms in total. The van der Waals surface area contributed by atoms with Crippen LogP contribution in [0.1, 0.15) is 38.5 Å². The van der Waals surface area contributed by atoms with Gasteiger partial charge in [-0.3, -0.25) is 4.79 Å². The second-order valence-corrected chi connectivity index (χ2v) is 6.28. The van der Waals surface area contributed by atoms with Gasteiger partial charge in [0.05, 0.1) is 0 Å². The molecule has 1 N–H and O–H groups in total. The maximum atomic E-state index is 12.5. The minimum atomic E-state index is 0.247. The molecule has 3 rings (SSSR count). The van der Waals surface area contributed by atoms with Gasteiger partial charge in [-0.25, -0.2) is 0 Å². The van der Waals surface area contributed by atoms with Gasteiger partial charge in [0.15, 0.2) is 0 Å². The fraction of sp³-hybridized carbons (Fsp3) is 0.800. The summed E-state index contributed by atoms with van der Waals surface area (Å²) in [6.07, 6.45) is 11.3. The molecule has 1 unspecified atom stereocenters. The molecule has 0 saturated carbocycles. The minimum absolute atomic E-state index is 0.247. The van der Waals surface area contributed by atoms with Crippen LogP contribution in [0.3, 0.4) is 0 Å². The minimum Gasteiger partial charge on any atom is -0.342 e. The zero-order chi connectivity index (χ0) is 12.4. The molecule has 18 heavy (non-hydrogen) atoms. The van der Waals surface area contributed by atoms with E-state index in [0.29, 0.717) is 11.3 Å². The lowest BCUT2D eigenvalue weighted by molar-refractivity contribution is -0.139. The molecule has 0 aromatic heterocycles. The first-order valence-corrected chi connectivity index (χ1v) is 7.44. The van der Waals surface area contributed by atoms with Crippen LogP contribution in [0.4, 0.5) is 0 Å². The van der Waals surface area contributed by atoms with E-state index in [-0.39, 0.29) is 5.92 Å². The van der Waals surface area contributed by atoms with E-state index in [4.69, 9.17) is 0 Å². The van der Waals surface area contributed by atoms with Crippen molar-refractivity contribution in [3.8, 4) is 0 Å². The average molecular weight is 248 g/mol. The van der Waals surface area contributed by atoms with Gasteiger partial charge in [0.1, 0.15) is 0 Å². The van der Waals surface area contributed by atoms with Crippen molar-refractivity contribution in [3.05, 3.63) is 12.2 Å². The van der Waals surface area contributed by atoms with E-state index in [1.54, 1.807) is 0 Å². The molecular formula is C15H24N2O. The van der Waals surface area contributed by atoms with Gasteiger partial charge in [0, 0.05) is 31.0 Å². The molecule has 0 radical (unpaired) electrons. The van der Waals surface area contributed by atoms with Crippen molar-refractivity contribution in [1.29, 1.82) is 0 Å². The molecule has 100 valence electrons. The van der Waals surface area contributed by atoms with Gasteiger partial charge in [0.2, 0.25) is 5.91 Å². The van der Waals surface area contributed by atoms with Crippen LogP contribution in [0, 0.1) is 11.3 Å². The van der Waals surface area contributed by atoms with Crippen LogP contribution in [-0.2, 0) is 4.79 Å². The molecule has 1 atom stereocenters. The predicted octanol–water partition coefficient (Wildman–Crippen LogP) is 1.94. The Morgan fingerprint density at radius 3 is 2.72 bits per heavy atom. The van der Waals surface area contributed by atoms with Crippen molar-refractivity contribution in [2.24, 2.45) is 11.3 Å². The van der Waals surface area contributed by atoms with E-state index in [9.17, 15) is 4.79 Å². The monoisotopic (exact) mass is 248 g/mol. The van der Waals surface area contributed by atoms with Gasteiger partial charge in [-0.05, 0) is 45.1 Å². The summed E-state index contributed by atoms with van der Waals surface area (Å²) in [4.78, 5) is 14.7. The molecule has 1 amide bonds. The normalized spacial score (nSPS) is 33.2. The summed E-state index contributed by atoms with van der Waals surface area (Å²) in [6.45, 7) is 4.24. The summed E-state index contributed by atoms with van der Waals surface area (Å²) in [5.41, 5.74) is 0.387. The SMILES string of the molecule is O=C(C1CC=CC1)N1CCCC2(CCCNC2)C1. The van der Waals surface area contributed by atoms with Crippen molar-refractivity contribution >= 4 is 5.91 Å². The summed E-state index contributed by atoms with van der Waals surface area (Å²) in [5.74, 6) is 0.654. The quantitative estimate of drug-likeness (QED) is 0.719. The summed E-state index contributed by atoms with van der Waals surface area (Å²) >= 11 is 0. The number of hydrogen-bond acceptors (Lipinski definition) is 2. The van der Waals surface area contributed by atoms with Crippen LogP contribution >= 0.6 is 0 Å². The van der Waals surface area contributed by atoms with Crippen molar-refractivity contribution in [2.45, 2.75) is 38.5 Å². The molecule has 2 heterocycles. The smallest absolute Gasteiger partial charge is 0.226 e. The van der Waals surface area contributed by atoms with Crippen molar-refractivity contribution in [1.82, 2.24) is 10.2 Å². The molecule has 0 aromatic rings. The number of likely N-dealkylation sites (tertiary alicyclic amines) is 1. The summed E-state index contributed by atoms with van der Waals surface area (Å²) in [5, 5.41) is 3.52. The number of carbonyl (C=O) groups excluding carboxylic acids is 1. The second kappa shape index (κ2) is 5.04. The zero-order valence-electron chi connectivity index (χ0n) is 11.2. The van der Waals surface area contributed by atoms with Crippen LogP contribution < -0.4 is 5.32 Å². The lowest BCUT2D eigenvalue weighted by Crippen LogP contribution is -2.53. The van der Waals surface area contributed by atoms with Crippen molar-refractivity contribution < 1.29 is 4.79 Å². The highest BCUT2D eigenvalue weighted by molar-refractivity contribution is 5.79. The first-order valence-electron chi connectivity index (χ1n) is 7.44. The van der Waals surface area contributed by atoms with Crippen molar-refractivity contribution in [2.75, 3.05) is 26.2 Å². The van der Waals surface area contributed by atoms with E-state index in [1.165, 1.54) is 25.7 Å². The predicted molar refractivity (Wildman–Crippen MR) is 72.2 cm³/mol. The summed E-state index contributed by atoms with van der Waals surface area (Å²) in [7, 11) is 0. The highest BCUT2D eigenvalue weighted by Gasteiger charge is 2.39. The molecule has 2 saturated heterocycles. The third-order valence-electron chi connectivity index (χ3n) is 4.89. The van der Waals surface area contributed by atoms with Crippen LogP contribution in [-0.4, -0.2) is 37.0 Å². The van der Waals surface area contributed by atoms with Crippen LogP contribution in [0.15, 0.2) is 12.2 Å². The molecule has 3 heteroatoms. The maximum absolute atomic E-state index is 12.5. The van der Waals surface area contributed by atoms with E-state index in [1.807, 2.05) is 0 Å². The van der Waals surface area contributed by atoms with Crippen LogP contribution in [0.25, 0.3) is 0 Å². The second-order valence-electron chi connectivity index (χ2n) is 6.28. The van der Waals surface area contributed by atoms with Crippen molar-refractivity contribution in [3.63, 3.8) is 0 Å². The molecule has 2 aliphatic heterocycles. The lowest BCUT2D eigenvalue weighted by atomic mass is 9.74. The van der Waals surface area contributed by atoms with Gasteiger partial charge in [-0.2, -0.15) is 0 Å². The topological polar surface area (TPSA) is 32.3 Å². The first kappa shape index (κ1) is 12.2. The Morgan fingerprint density at radius 2 is 2.00 bits per heavy atom. The standard InChI is InChI=1S/C15H24N2O/c18-14(13-5-1-2-6-13)17-10-4-8-15(12-17)7-3-9-16-11-15/h1-2,13,16H,3-12H2. The highest BCUT2D eigenvalue weighted by Crippen LogP contribution is 2.36. The number of nitrogens with one attached hydrogen (secondary N) is 1. The highest BCUT2D eigenvalue weighted by atomic mass is 16.2. The Morgan fingerprint density at radius 1 is 1.22 bits per heavy atom. The number of amides is 1. The van der Waals surface area contributed by atoms with Gasteiger partial charge in [0.25, 0.3) is 0 Å². The Labute approximate surface area is 110 Å². The Bertz CT molecular complexity index is 331. The fourth-order valence-corrected chi connectivity index (χ4v) is 3.85. The number of piperidine rings is 2. The number of carbonyl (C=O) groups is 1. The number of hydrogen-bond donors (Lipinski definition) is 1. The lowest BCUT2D eigenvalue weighted by Gasteiger charge is -2.46. The molecule has 2 fully saturated rings. The van der Waals surface area contributed by atoms with Crippen LogP contribution in [0.5, 0.6) is 0 Å². The molecule has 0 aromatic carbocycles. The fourth-order valence-electron chi connectivity index (χ4n) is 3.85. The van der Waals surface area contributed by atoms with E-state index in [2.05, 4.69) is 22.4 Å². The van der Waals surface area contributed by atoms with Gasteiger partial charge < -0.3 is 10.2 Å². The number of rotatable bonds is 1. The Hall–Kier alpha value is -0.830. The van der Waals surface area contributed by atoms with Crippen LogP contribution in [0.2, 0.25) is 0 Å². The van der Waals surface area contributed by atoms with E-state index >= 15 is 0 Å². The summed E-state index contributed by atoms with van der Waals surface area (Å²) < 4.78 is 0. The Kier molecular flexibility index (Phi) is 3.42. The third-order valence-corrected chi connectivity index (χ3v) is 4.89. The summed E-state index contributed by atoms with van der Waals surface area (Å²) in [6, 6.07) is 0. The largest absolute Gasteiger partial charge is 0.342 e. The number of allylic oxidation sites excluding steroid dienone is 2. The first-order chi connectivity index (χ1) is 8.79. The molecule has 3 aliphatic rings. The number of nitrogens with zero attached hydrogens (tertiary/aromatic N) is 1. The van der Waals surface area contributed by atoms with Gasteiger partial charge in [-0.15, -0.1) is 0 Å². The molecular weight excluding hydrogens is 224 g/mol. The average Bonchev–Trinajstić information content (AvgIpc) is 2.93. The molecule has 0 bridgehead atoms. The van der Waals surface area contributed by atoms with E-state index in [0.717, 1.165) is 39.0 Å². The van der Waals surface area contributed by atoms with Gasteiger partial charge in [-0.1, -0.05) is 12.2 Å². The molecule has 1 aliphatic carbocycles. The Balaban J connectivity index is 1.64. The maximum Gasteiger partial charge on any atom is 0.226 e. The zero-order valence-corrected chi connectivity index (χ0v) is 11.2. The third kappa shape index (κ3) is 2.33. The van der Waals surface area contributed by atoms with Gasteiger partial charge >= 0.3 is 0 Å². The van der Waals surface area contributed by atoms with E-state index < -0.39 is 0 Å².